The lowest BCUT2D eigenvalue weighted by atomic mass is 9.97. The van der Waals surface area contributed by atoms with Crippen LogP contribution in [0.25, 0.3) is 0 Å². The predicted molar refractivity (Wildman–Crippen MR) is 75.4 cm³/mol. The molecule has 0 radical (unpaired) electrons. The number of carbonyl (C=O) groups is 1. The maximum atomic E-state index is 12.4. The van der Waals surface area contributed by atoms with Gasteiger partial charge in [0.2, 0.25) is 0 Å². The van der Waals surface area contributed by atoms with E-state index in [9.17, 15) is 9.90 Å². The topological polar surface area (TPSA) is 52.6 Å². The van der Waals surface area contributed by atoms with Crippen molar-refractivity contribution in [2.75, 3.05) is 26.7 Å². The average molecular weight is 262 g/mol. The van der Waals surface area contributed by atoms with Crippen molar-refractivity contribution in [2.24, 2.45) is 5.92 Å². The number of hydrogen-bond donors (Lipinski definition) is 2. The van der Waals surface area contributed by atoms with Gasteiger partial charge in [-0.2, -0.15) is 0 Å². The molecule has 1 saturated heterocycles. The number of phenolic OH excluding ortho intramolecular Hbond substituents is 1. The molecule has 0 atom stereocenters. The van der Waals surface area contributed by atoms with E-state index < -0.39 is 0 Å². The van der Waals surface area contributed by atoms with Crippen LogP contribution in [0.4, 0.5) is 0 Å². The predicted octanol–water partition coefficient (Wildman–Crippen LogP) is 1.77. The van der Waals surface area contributed by atoms with Crippen LogP contribution in [0.2, 0.25) is 0 Å². The summed E-state index contributed by atoms with van der Waals surface area (Å²) in [7, 11) is 1.86. The molecule has 4 heteroatoms. The van der Waals surface area contributed by atoms with E-state index in [0.29, 0.717) is 11.5 Å². The Morgan fingerprint density at radius 2 is 2.11 bits per heavy atom. The molecule has 0 unspecified atom stereocenters. The lowest BCUT2D eigenvalue weighted by Crippen LogP contribution is -2.37. The fourth-order valence-electron chi connectivity index (χ4n) is 2.63. The highest BCUT2D eigenvalue weighted by atomic mass is 16.3. The molecule has 1 aliphatic heterocycles. The quantitative estimate of drug-likeness (QED) is 0.873. The number of aromatic hydroxyl groups is 1. The van der Waals surface area contributed by atoms with Gasteiger partial charge in [-0.3, -0.25) is 4.79 Å². The zero-order valence-corrected chi connectivity index (χ0v) is 11.6. The van der Waals surface area contributed by atoms with Crippen molar-refractivity contribution >= 4 is 5.91 Å². The highest BCUT2D eigenvalue weighted by molar-refractivity contribution is 5.95. The van der Waals surface area contributed by atoms with Gasteiger partial charge in [0.05, 0.1) is 0 Å². The van der Waals surface area contributed by atoms with E-state index in [1.165, 1.54) is 0 Å². The van der Waals surface area contributed by atoms with Gasteiger partial charge < -0.3 is 15.3 Å². The lowest BCUT2D eigenvalue weighted by molar-refractivity contribution is 0.0762. The molecule has 0 spiro atoms. The van der Waals surface area contributed by atoms with Gasteiger partial charge in [-0.05, 0) is 62.5 Å². The minimum atomic E-state index is 0.0380. The number of amides is 1. The van der Waals surface area contributed by atoms with Gasteiger partial charge in [0, 0.05) is 19.2 Å². The fourth-order valence-corrected chi connectivity index (χ4v) is 2.63. The number of hydrogen-bond acceptors (Lipinski definition) is 3. The van der Waals surface area contributed by atoms with Gasteiger partial charge in [-0.15, -0.1) is 0 Å². The number of aryl methyl sites for hydroxylation is 1. The molecule has 0 saturated carbocycles. The normalized spacial score (nSPS) is 16.3. The molecule has 1 aliphatic rings. The van der Waals surface area contributed by atoms with Crippen molar-refractivity contribution in [2.45, 2.75) is 19.8 Å². The highest BCUT2D eigenvalue weighted by Crippen LogP contribution is 2.19. The average Bonchev–Trinajstić information content (AvgIpc) is 2.39. The van der Waals surface area contributed by atoms with Gasteiger partial charge in [-0.1, -0.05) is 0 Å². The summed E-state index contributed by atoms with van der Waals surface area (Å²) in [6, 6.07) is 4.90. The Morgan fingerprint density at radius 3 is 2.74 bits per heavy atom. The van der Waals surface area contributed by atoms with E-state index in [4.69, 9.17) is 0 Å². The lowest BCUT2D eigenvalue weighted by Gasteiger charge is -2.28. The molecule has 1 fully saturated rings. The molecule has 0 aromatic heterocycles. The molecular formula is C15H22N2O2. The van der Waals surface area contributed by atoms with Crippen LogP contribution in [-0.4, -0.2) is 42.6 Å². The van der Waals surface area contributed by atoms with Crippen molar-refractivity contribution in [1.82, 2.24) is 10.2 Å². The first kappa shape index (κ1) is 13.9. The van der Waals surface area contributed by atoms with Crippen molar-refractivity contribution < 1.29 is 9.90 Å². The Hall–Kier alpha value is -1.55. The second-order valence-electron chi connectivity index (χ2n) is 5.38. The minimum Gasteiger partial charge on any atom is -0.508 e. The van der Waals surface area contributed by atoms with Gasteiger partial charge in [-0.25, -0.2) is 0 Å². The van der Waals surface area contributed by atoms with Crippen molar-refractivity contribution in [3.63, 3.8) is 0 Å². The van der Waals surface area contributed by atoms with E-state index >= 15 is 0 Å². The first-order valence-corrected chi connectivity index (χ1v) is 6.83. The van der Waals surface area contributed by atoms with Crippen LogP contribution >= 0.6 is 0 Å². The molecule has 2 rings (SSSR count). The Labute approximate surface area is 114 Å². The van der Waals surface area contributed by atoms with Crippen LogP contribution in [0, 0.1) is 12.8 Å². The Balaban J connectivity index is 2.01. The maximum Gasteiger partial charge on any atom is 0.253 e. The van der Waals surface area contributed by atoms with Crippen LogP contribution in [-0.2, 0) is 0 Å². The first-order chi connectivity index (χ1) is 9.08. The number of nitrogens with one attached hydrogen (secondary N) is 1. The van der Waals surface area contributed by atoms with Gasteiger partial charge >= 0.3 is 0 Å². The number of nitrogens with zero attached hydrogens (tertiary/aromatic N) is 1. The summed E-state index contributed by atoms with van der Waals surface area (Å²) in [5.41, 5.74) is 1.50. The summed E-state index contributed by atoms with van der Waals surface area (Å²) in [5, 5.41) is 12.7. The van der Waals surface area contributed by atoms with Gasteiger partial charge in [0.15, 0.2) is 0 Å². The third kappa shape index (κ3) is 3.47. The largest absolute Gasteiger partial charge is 0.508 e. The number of phenols is 1. The molecule has 19 heavy (non-hydrogen) atoms. The van der Waals surface area contributed by atoms with Gasteiger partial charge in [0.25, 0.3) is 5.91 Å². The van der Waals surface area contributed by atoms with Crippen LogP contribution in [0.1, 0.15) is 28.8 Å². The zero-order valence-electron chi connectivity index (χ0n) is 11.6. The molecule has 104 valence electrons. The van der Waals surface area contributed by atoms with E-state index in [1.54, 1.807) is 23.1 Å². The van der Waals surface area contributed by atoms with Gasteiger partial charge in [0.1, 0.15) is 5.75 Å². The summed E-state index contributed by atoms with van der Waals surface area (Å²) < 4.78 is 0. The van der Waals surface area contributed by atoms with E-state index in [2.05, 4.69) is 5.32 Å². The second-order valence-corrected chi connectivity index (χ2v) is 5.38. The summed E-state index contributed by atoms with van der Waals surface area (Å²) >= 11 is 0. The maximum absolute atomic E-state index is 12.4. The van der Waals surface area contributed by atoms with Crippen LogP contribution < -0.4 is 5.32 Å². The molecule has 2 N–H and O–H groups in total. The molecule has 0 bridgehead atoms. The minimum absolute atomic E-state index is 0.0380. The van der Waals surface area contributed by atoms with Crippen molar-refractivity contribution in [3.8, 4) is 5.75 Å². The molecule has 1 heterocycles. The summed E-state index contributed by atoms with van der Waals surface area (Å²) in [6.07, 6.45) is 2.26. The first-order valence-electron chi connectivity index (χ1n) is 6.83. The van der Waals surface area contributed by atoms with Crippen LogP contribution in [0.5, 0.6) is 5.75 Å². The zero-order chi connectivity index (χ0) is 13.8. The number of carbonyl (C=O) groups excluding carboxylic acids is 1. The number of piperidine rings is 1. The van der Waals surface area contributed by atoms with Crippen LogP contribution in [0.15, 0.2) is 18.2 Å². The summed E-state index contributed by atoms with van der Waals surface area (Å²) in [5.74, 6) is 0.832. The SMILES string of the molecule is Cc1cc(O)ccc1C(=O)N(C)CC1CCNCC1. The summed E-state index contributed by atoms with van der Waals surface area (Å²) in [4.78, 5) is 14.2. The molecule has 1 amide bonds. The third-order valence-corrected chi connectivity index (χ3v) is 3.78. The second kappa shape index (κ2) is 6.06. The van der Waals surface area contributed by atoms with Crippen molar-refractivity contribution in [3.05, 3.63) is 29.3 Å². The summed E-state index contributed by atoms with van der Waals surface area (Å²) in [6.45, 7) is 4.75. The molecular weight excluding hydrogens is 240 g/mol. The Bertz CT molecular complexity index is 453. The number of benzene rings is 1. The third-order valence-electron chi connectivity index (χ3n) is 3.78. The Kier molecular flexibility index (Phi) is 4.43. The van der Waals surface area contributed by atoms with E-state index in [1.807, 2.05) is 14.0 Å². The smallest absolute Gasteiger partial charge is 0.253 e. The molecule has 0 aliphatic carbocycles. The molecule has 4 nitrogen and oxygen atoms in total. The molecule has 1 aromatic carbocycles. The van der Waals surface area contributed by atoms with Crippen LogP contribution in [0.3, 0.4) is 0 Å². The monoisotopic (exact) mass is 262 g/mol. The fraction of sp³-hybridized carbons (Fsp3) is 0.533. The Morgan fingerprint density at radius 1 is 1.42 bits per heavy atom. The van der Waals surface area contributed by atoms with E-state index in [0.717, 1.165) is 38.0 Å². The number of rotatable bonds is 3. The molecule has 1 aromatic rings. The highest BCUT2D eigenvalue weighted by Gasteiger charge is 2.20. The van der Waals surface area contributed by atoms with Crippen molar-refractivity contribution in [1.29, 1.82) is 0 Å². The van der Waals surface area contributed by atoms with E-state index in [-0.39, 0.29) is 11.7 Å². The standard InChI is InChI=1S/C15H22N2O2/c1-11-9-13(18)3-4-14(11)15(19)17(2)10-12-5-7-16-8-6-12/h3-4,9,12,16,18H,5-8,10H2,1-2H3.